The number of ketones is 1. The number of rotatable bonds is 4. The van der Waals surface area contributed by atoms with Gasteiger partial charge < -0.3 is 15.3 Å². The first-order chi connectivity index (χ1) is 12.5. The van der Waals surface area contributed by atoms with Crippen LogP contribution in [0, 0.1) is 11.3 Å². The van der Waals surface area contributed by atoms with Crippen LogP contribution in [-0.4, -0.2) is 49.7 Å². The number of nitriles is 1. The summed E-state index contributed by atoms with van der Waals surface area (Å²) in [5, 5.41) is 38.2. The summed E-state index contributed by atoms with van der Waals surface area (Å²) in [6.45, 7) is 0. The van der Waals surface area contributed by atoms with Crippen LogP contribution < -0.4 is 0 Å². The molecule has 7 heteroatoms. The van der Waals surface area contributed by atoms with Gasteiger partial charge in [0.1, 0.15) is 12.2 Å². The largest absolute Gasteiger partial charge is 0.389 e. The Morgan fingerprint density at radius 1 is 1.00 bits per heavy atom. The summed E-state index contributed by atoms with van der Waals surface area (Å²) in [7, 11) is 0. The molecule has 4 atom stereocenters. The highest BCUT2D eigenvalue weighted by Gasteiger charge is 2.37. The fourth-order valence-electron chi connectivity index (χ4n) is 2.56. The highest BCUT2D eigenvalue weighted by atomic mass is 32.2. The molecule has 0 bridgehead atoms. The monoisotopic (exact) mass is 387 g/mol. The molecule has 1 aliphatic heterocycles. The standard InChI is InChI=1S/C19H17NO4S2/c20-9-11-1-3-12(4-2-11)16(22)13-5-7-14(8-6-13)26-19-18(24)17(23)15(21)10-25-19/h1-8,15,17-19,21,23-24H,10H2/t15-,17+,18-,19+/m1/s1. The number of thioether (sulfide) groups is 2. The Morgan fingerprint density at radius 3 is 2.15 bits per heavy atom. The molecular weight excluding hydrogens is 370 g/mol. The molecule has 1 saturated heterocycles. The molecular formula is C19H17NO4S2. The predicted molar refractivity (Wildman–Crippen MR) is 101 cm³/mol. The van der Waals surface area contributed by atoms with Crippen LogP contribution in [0.5, 0.6) is 0 Å². The van der Waals surface area contributed by atoms with Crippen LogP contribution in [0.4, 0.5) is 0 Å². The van der Waals surface area contributed by atoms with Gasteiger partial charge in [-0.25, -0.2) is 0 Å². The lowest BCUT2D eigenvalue weighted by atomic mass is 10.0. The van der Waals surface area contributed by atoms with E-state index in [0.717, 1.165) is 4.90 Å². The second-order valence-corrected chi connectivity index (χ2v) is 8.60. The van der Waals surface area contributed by atoms with E-state index in [2.05, 4.69) is 0 Å². The van der Waals surface area contributed by atoms with Gasteiger partial charge in [-0.1, -0.05) is 0 Å². The number of aliphatic hydroxyl groups excluding tert-OH is 3. The third-order valence-electron chi connectivity index (χ3n) is 4.10. The minimum Gasteiger partial charge on any atom is -0.389 e. The highest BCUT2D eigenvalue weighted by Crippen LogP contribution is 2.38. The minimum absolute atomic E-state index is 0.128. The summed E-state index contributed by atoms with van der Waals surface area (Å²) in [6.07, 6.45) is -3.08. The van der Waals surface area contributed by atoms with Crippen molar-refractivity contribution in [2.24, 2.45) is 0 Å². The first-order valence-electron chi connectivity index (χ1n) is 7.97. The summed E-state index contributed by atoms with van der Waals surface area (Å²) < 4.78 is -0.284. The molecule has 1 aliphatic rings. The van der Waals surface area contributed by atoms with E-state index >= 15 is 0 Å². The molecule has 0 aromatic heterocycles. The quantitative estimate of drug-likeness (QED) is 0.690. The predicted octanol–water partition coefficient (Wildman–Crippen LogP) is 2.04. The van der Waals surface area contributed by atoms with Crippen molar-refractivity contribution in [2.75, 3.05) is 5.75 Å². The molecule has 3 rings (SSSR count). The molecule has 3 N–H and O–H groups in total. The highest BCUT2D eigenvalue weighted by molar-refractivity contribution is 8.17. The normalized spacial score (nSPS) is 25.5. The molecule has 5 nitrogen and oxygen atoms in total. The Bertz CT molecular complexity index is 817. The van der Waals surface area contributed by atoms with Gasteiger partial charge in [-0.3, -0.25) is 4.79 Å². The molecule has 134 valence electrons. The number of hydrogen-bond acceptors (Lipinski definition) is 7. The van der Waals surface area contributed by atoms with Gasteiger partial charge in [-0.2, -0.15) is 5.26 Å². The van der Waals surface area contributed by atoms with E-state index in [9.17, 15) is 20.1 Å². The second kappa shape index (κ2) is 8.25. The molecule has 2 aromatic carbocycles. The van der Waals surface area contributed by atoms with E-state index in [-0.39, 0.29) is 10.4 Å². The lowest BCUT2D eigenvalue weighted by Crippen LogP contribution is -2.47. The maximum atomic E-state index is 12.5. The summed E-state index contributed by atoms with van der Waals surface area (Å²) >= 11 is 2.79. The molecule has 0 amide bonds. The van der Waals surface area contributed by atoms with Crippen LogP contribution in [0.2, 0.25) is 0 Å². The van der Waals surface area contributed by atoms with Crippen molar-refractivity contribution in [3.05, 3.63) is 65.2 Å². The molecule has 2 aromatic rings. The zero-order valence-corrected chi connectivity index (χ0v) is 15.3. The Hall–Kier alpha value is -1.82. The minimum atomic E-state index is -1.15. The van der Waals surface area contributed by atoms with Gasteiger partial charge in [0.05, 0.1) is 22.3 Å². The van der Waals surface area contributed by atoms with Crippen LogP contribution in [0.15, 0.2) is 53.4 Å². The summed E-state index contributed by atoms with van der Waals surface area (Å²) in [5.74, 6) is 0.238. The topological polar surface area (TPSA) is 102 Å². The molecule has 1 heterocycles. The molecule has 0 unspecified atom stereocenters. The first-order valence-corrected chi connectivity index (χ1v) is 9.90. The van der Waals surface area contributed by atoms with E-state index in [1.807, 2.05) is 6.07 Å². The van der Waals surface area contributed by atoms with Gasteiger partial charge in [0.25, 0.3) is 0 Å². The Morgan fingerprint density at radius 2 is 1.58 bits per heavy atom. The molecule has 0 radical (unpaired) electrons. The Kier molecular flexibility index (Phi) is 6.01. The fourth-order valence-corrected chi connectivity index (χ4v) is 5.21. The molecule has 0 spiro atoms. The van der Waals surface area contributed by atoms with Crippen molar-refractivity contribution in [3.63, 3.8) is 0 Å². The number of aliphatic hydroxyl groups is 3. The van der Waals surface area contributed by atoms with Crippen molar-refractivity contribution in [1.82, 2.24) is 0 Å². The summed E-state index contributed by atoms with van der Waals surface area (Å²) in [5.41, 5.74) is 1.55. The maximum Gasteiger partial charge on any atom is 0.193 e. The van der Waals surface area contributed by atoms with Gasteiger partial charge in [0.15, 0.2) is 5.78 Å². The van der Waals surface area contributed by atoms with Crippen molar-refractivity contribution in [1.29, 1.82) is 5.26 Å². The SMILES string of the molecule is N#Cc1ccc(C(=O)c2ccc(S[C@@H]3SC[C@@H](O)[C@H](O)[C@H]3O)cc2)cc1. The van der Waals surface area contributed by atoms with Gasteiger partial charge in [0.2, 0.25) is 0 Å². The second-order valence-electron chi connectivity index (χ2n) is 5.91. The van der Waals surface area contributed by atoms with Crippen LogP contribution in [0.1, 0.15) is 21.5 Å². The lowest BCUT2D eigenvalue weighted by Gasteiger charge is -2.34. The van der Waals surface area contributed by atoms with Crippen LogP contribution in [-0.2, 0) is 0 Å². The molecule has 1 fully saturated rings. The van der Waals surface area contributed by atoms with E-state index in [0.29, 0.717) is 22.4 Å². The van der Waals surface area contributed by atoms with Crippen LogP contribution in [0.25, 0.3) is 0 Å². The van der Waals surface area contributed by atoms with E-state index < -0.39 is 18.3 Å². The zero-order chi connectivity index (χ0) is 18.7. The van der Waals surface area contributed by atoms with Crippen molar-refractivity contribution < 1.29 is 20.1 Å². The van der Waals surface area contributed by atoms with Crippen molar-refractivity contribution >= 4 is 29.3 Å². The van der Waals surface area contributed by atoms with E-state index in [1.54, 1.807) is 48.5 Å². The third kappa shape index (κ3) is 4.11. The fraction of sp³-hybridized carbons (Fsp3) is 0.263. The number of carbonyl (C=O) groups excluding carboxylic acids is 1. The molecule has 0 saturated carbocycles. The van der Waals surface area contributed by atoms with E-state index in [4.69, 9.17) is 5.26 Å². The Balaban J connectivity index is 1.68. The lowest BCUT2D eigenvalue weighted by molar-refractivity contribution is -0.0474. The van der Waals surface area contributed by atoms with Gasteiger partial charge in [-0.05, 0) is 48.5 Å². The summed E-state index contributed by atoms with van der Waals surface area (Å²) in [6, 6.07) is 15.5. The Labute approximate surface area is 159 Å². The number of nitrogens with zero attached hydrogens (tertiary/aromatic N) is 1. The number of carbonyl (C=O) groups is 1. The van der Waals surface area contributed by atoms with Crippen molar-refractivity contribution in [3.8, 4) is 6.07 Å². The van der Waals surface area contributed by atoms with Gasteiger partial charge >= 0.3 is 0 Å². The van der Waals surface area contributed by atoms with Gasteiger partial charge in [-0.15, -0.1) is 23.5 Å². The van der Waals surface area contributed by atoms with Gasteiger partial charge in [0, 0.05) is 21.8 Å². The van der Waals surface area contributed by atoms with Crippen LogP contribution in [0.3, 0.4) is 0 Å². The average Bonchev–Trinajstić information content (AvgIpc) is 2.68. The first kappa shape index (κ1) is 19.0. The smallest absolute Gasteiger partial charge is 0.193 e. The average molecular weight is 387 g/mol. The summed E-state index contributed by atoms with van der Waals surface area (Å²) in [4.78, 5) is 13.3. The van der Waals surface area contributed by atoms with Crippen molar-refractivity contribution in [2.45, 2.75) is 27.8 Å². The molecule has 26 heavy (non-hydrogen) atoms. The van der Waals surface area contributed by atoms with Crippen LogP contribution >= 0.6 is 23.5 Å². The number of hydrogen-bond donors (Lipinski definition) is 3. The maximum absolute atomic E-state index is 12.5. The zero-order valence-electron chi connectivity index (χ0n) is 13.6. The molecule has 0 aliphatic carbocycles. The third-order valence-corrected chi connectivity index (χ3v) is 6.99. The van der Waals surface area contributed by atoms with E-state index in [1.165, 1.54) is 23.5 Å². The number of benzene rings is 2.